The number of rotatable bonds is 0. The first kappa shape index (κ1) is 12.2. The van der Waals surface area contributed by atoms with Crippen LogP contribution in [0.15, 0.2) is 24.3 Å². The van der Waals surface area contributed by atoms with Gasteiger partial charge in [-0.1, -0.05) is 24.3 Å². The lowest BCUT2D eigenvalue weighted by atomic mass is 9.97. The van der Waals surface area contributed by atoms with Gasteiger partial charge in [0.15, 0.2) is 0 Å². The quantitative estimate of drug-likeness (QED) is 0.642. The fourth-order valence-corrected chi connectivity index (χ4v) is 2.33. The van der Waals surface area contributed by atoms with Gasteiger partial charge < -0.3 is 4.74 Å². The van der Waals surface area contributed by atoms with Crippen LogP contribution in [0.25, 0.3) is 0 Å². The van der Waals surface area contributed by atoms with Crippen LogP contribution in [0.5, 0.6) is 0 Å². The van der Waals surface area contributed by atoms with Crippen LogP contribution in [0.3, 0.4) is 0 Å². The van der Waals surface area contributed by atoms with Gasteiger partial charge in [0.25, 0.3) is 0 Å². The van der Waals surface area contributed by atoms with E-state index in [0.717, 1.165) is 32.1 Å². The first-order valence-electron chi connectivity index (χ1n) is 6.52. The zero-order valence-corrected chi connectivity index (χ0v) is 10.4. The molecule has 0 aromatic heterocycles. The molecule has 1 aromatic rings. The van der Waals surface area contributed by atoms with Crippen LogP contribution in [0.4, 0.5) is 0 Å². The molecule has 0 spiro atoms. The molecule has 0 saturated carbocycles. The lowest BCUT2D eigenvalue weighted by Crippen LogP contribution is -2.15. The minimum Gasteiger partial charge on any atom is -0.463 e. The van der Waals surface area contributed by atoms with Crippen molar-refractivity contribution in [2.45, 2.75) is 51.6 Å². The monoisotopic (exact) mass is 232 g/mol. The highest BCUT2D eigenvalue weighted by Crippen LogP contribution is 2.18. The van der Waals surface area contributed by atoms with Crippen LogP contribution in [0.1, 0.15) is 43.7 Å². The first-order chi connectivity index (χ1) is 8.25. The second-order valence-corrected chi connectivity index (χ2v) is 4.81. The molecule has 1 aliphatic heterocycles. The molecule has 0 N–H and O–H groups in total. The van der Waals surface area contributed by atoms with E-state index in [9.17, 15) is 4.79 Å². The van der Waals surface area contributed by atoms with Crippen molar-refractivity contribution in [2.75, 3.05) is 0 Å². The molecule has 1 heterocycles. The summed E-state index contributed by atoms with van der Waals surface area (Å²) in [6.45, 7) is 1.98. The number of hydrogen-bond donors (Lipinski definition) is 0. The number of hydrogen-bond acceptors (Lipinski definition) is 2. The third-order valence-corrected chi connectivity index (χ3v) is 3.35. The number of carbonyl (C=O) groups excluding carboxylic acids is 1. The van der Waals surface area contributed by atoms with Gasteiger partial charge in [0, 0.05) is 6.42 Å². The van der Waals surface area contributed by atoms with Crippen molar-refractivity contribution in [1.29, 1.82) is 0 Å². The van der Waals surface area contributed by atoms with Gasteiger partial charge in [-0.15, -0.1) is 0 Å². The number of ether oxygens (including phenoxy) is 1. The van der Waals surface area contributed by atoms with E-state index < -0.39 is 0 Å². The summed E-state index contributed by atoms with van der Waals surface area (Å²) >= 11 is 0. The summed E-state index contributed by atoms with van der Waals surface area (Å²) in [7, 11) is 0. The molecule has 2 nitrogen and oxygen atoms in total. The van der Waals surface area contributed by atoms with Crippen LogP contribution < -0.4 is 0 Å². The molecule has 92 valence electrons. The molecule has 0 saturated heterocycles. The predicted octanol–water partition coefficient (Wildman–Crippen LogP) is 3.28. The third-order valence-electron chi connectivity index (χ3n) is 3.35. The van der Waals surface area contributed by atoms with Gasteiger partial charge in [-0.2, -0.15) is 0 Å². The number of esters is 1. The van der Waals surface area contributed by atoms with E-state index in [2.05, 4.69) is 24.3 Å². The predicted molar refractivity (Wildman–Crippen MR) is 67.9 cm³/mol. The van der Waals surface area contributed by atoms with E-state index in [4.69, 9.17) is 4.74 Å². The van der Waals surface area contributed by atoms with Crippen molar-refractivity contribution in [3.63, 3.8) is 0 Å². The van der Waals surface area contributed by atoms with Crippen LogP contribution in [0, 0.1) is 0 Å². The molecule has 0 amide bonds. The highest BCUT2D eigenvalue weighted by atomic mass is 16.5. The Bertz CT molecular complexity index is 384. The Morgan fingerprint density at radius 3 is 2.47 bits per heavy atom. The fraction of sp³-hybridized carbons (Fsp3) is 0.533. The van der Waals surface area contributed by atoms with Crippen molar-refractivity contribution in [3.05, 3.63) is 35.4 Å². The van der Waals surface area contributed by atoms with Gasteiger partial charge in [-0.3, -0.25) is 4.79 Å². The van der Waals surface area contributed by atoms with Crippen molar-refractivity contribution in [2.24, 2.45) is 0 Å². The second kappa shape index (κ2) is 5.85. The fourth-order valence-electron chi connectivity index (χ4n) is 2.33. The molecule has 1 unspecified atom stereocenters. The molecular weight excluding hydrogens is 212 g/mol. The summed E-state index contributed by atoms with van der Waals surface area (Å²) in [6, 6.07) is 8.60. The minimum atomic E-state index is -0.0385. The molecule has 2 heteroatoms. The number of aryl methyl sites for hydroxylation is 2. The highest BCUT2D eigenvalue weighted by molar-refractivity contribution is 5.69. The van der Waals surface area contributed by atoms with Crippen LogP contribution >= 0.6 is 0 Å². The smallest absolute Gasteiger partial charge is 0.306 e. The lowest BCUT2D eigenvalue weighted by Gasteiger charge is -2.13. The summed E-state index contributed by atoms with van der Waals surface area (Å²) in [5.74, 6) is -0.0385. The molecular formula is C15H20O2. The summed E-state index contributed by atoms with van der Waals surface area (Å²) in [5.41, 5.74) is 2.85. The van der Waals surface area contributed by atoms with E-state index in [1.165, 1.54) is 11.1 Å². The van der Waals surface area contributed by atoms with Gasteiger partial charge in [-0.25, -0.2) is 0 Å². The Hall–Kier alpha value is -1.31. The maximum absolute atomic E-state index is 11.5. The molecule has 1 aliphatic rings. The second-order valence-electron chi connectivity index (χ2n) is 4.81. The first-order valence-corrected chi connectivity index (χ1v) is 6.52. The number of fused-ring (bicyclic) bond motifs is 1. The Kier molecular flexibility index (Phi) is 4.18. The van der Waals surface area contributed by atoms with Crippen molar-refractivity contribution < 1.29 is 9.53 Å². The van der Waals surface area contributed by atoms with Gasteiger partial charge in [0.1, 0.15) is 0 Å². The summed E-state index contributed by atoms with van der Waals surface area (Å²) < 4.78 is 5.36. The highest BCUT2D eigenvalue weighted by Gasteiger charge is 2.12. The molecule has 1 aromatic carbocycles. The molecule has 0 radical (unpaired) electrons. The van der Waals surface area contributed by atoms with E-state index in [1.54, 1.807) is 0 Å². The Morgan fingerprint density at radius 2 is 1.71 bits per heavy atom. The SMILES string of the molecule is CC1CCc2ccccc2CCCCC(=O)O1. The number of carbonyl (C=O) groups is 1. The van der Waals surface area contributed by atoms with Crippen molar-refractivity contribution in [3.8, 4) is 0 Å². The van der Waals surface area contributed by atoms with Gasteiger partial charge in [-0.05, 0) is 50.2 Å². The average molecular weight is 232 g/mol. The maximum atomic E-state index is 11.5. The minimum absolute atomic E-state index is 0.0358. The molecule has 0 fully saturated rings. The van der Waals surface area contributed by atoms with Gasteiger partial charge in [0.05, 0.1) is 6.10 Å². The van der Waals surface area contributed by atoms with Crippen LogP contribution in [-0.2, 0) is 22.4 Å². The Morgan fingerprint density at radius 1 is 1.06 bits per heavy atom. The van der Waals surface area contributed by atoms with E-state index >= 15 is 0 Å². The van der Waals surface area contributed by atoms with E-state index in [0.29, 0.717) is 6.42 Å². The largest absolute Gasteiger partial charge is 0.463 e. The van der Waals surface area contributed by atoms with Crippen molar-refractivity contribution >= 4 is 5.97 Å². The lowest BCUT2D eigenvalue weighted by molar-refractivity contribution is -0.148. The van der Waals surface area contributed by atoms with Gasteiger partial charge >= 0.3 is 5.97 Å². The van der Waals surface area contributed by atoms with E-state index in [1.807, 2.05) is 6.92 Å². The van der Waals surface area contributed by atoms with Gasteiger partial charge in [0.2, 0.25) is 0 Å². The van der Waals surface area contributed by atoms with Crippen LogP contribution in [-0.4, -0.2) is 12.1 Å². The topological polar surface area (TPSA) is 26.3 Å². The number of benzene rings is 1. The van der Waals surface area contributed by atoms with Crippen molar-refractivity contribution in [1.82, 2.24) is 0 Å². The number of cyclic esters (lactones) is 1. The molecule has 0 aliphatic carbocycles. The molecule has 1 atom stereocenters. The third kappa shape index (κ3) is 3.58. The average Bonchev–Trinajstić information content (AvgIpc) is 2.35. The summed E-state index contributed by atoms with van der Waals surface area (Å²) in [4.78, 5) is 11.5. The standard InChI is InChI=1S/C15H20O2/c1-12-10-11-14-8-3-2-6-13(14)7-4-5-9-15(16)17-12/h2-3,6,8,12H,4-5,7,9-11H2,1H3. The summed E-state index contributed by atoms with van der Waals surface area (Å²) in [5, 5.41) is 0. The molecule has 17 heavy (non-hydrogen) atoms. The normalized spacial score (nSPS) is 22.2. The Labute approximate surface area is 103 Å². The summed E-state index contributed by atoms with van der Waals surface area (Å²) in [6.07, 6.45) is 5.60. The zero-order valence-electron chi connectivity index (χ0n) is 10.4. The molecule has 2 rings (SSSR count). The van der Waals surface area contributed by atoms with E-state index in [-0.39, 0.29) is 12.1 Å². The zero-order chi connectivity index (χ0) is 12.1. The maximum Gasteiger partial charge on any atom is 0.306 e. The molecule has 0 bridgehead atoms. The Balaban J connectivity index is 2.11. The van der Waals surface area contributed by atoms with Crippen LogP contribution in [0.2, 0.25) is 0 Å².